The molecule has 152 valence electrons. The van der Waals surface area contributed by atoms with Crippen LogP contribution in [-0.4, -0.2) is 44.2 Å². The molecule has 1 N–H and O–H groups in total. The van der Waals surface area contributed by atoms with E-state index in [2.05, 4.69) is 28.8 Å². The molecule has 0 saturated carbocycles. The van der Waals surface area contributed by atoms with Crippen LogP contribution < -0.4 is 14.8 Å². The number of halogens is 2. The molecule has 0 aliphatic rings. The quantitative estimate of drug-likeness (QED) is 0.661. The first-order valence-electron chi connectivity index (χ1n) is 9.19. The second-order valence-electron chi connectivity index (χ2n) is 6.13. The van der Waals surface area contributed by atoms with Crippen LogP contribution >= 0.6 is 0 Å². The van der Waals surface area contributed by atoms with Gasteiger partial charge in [0.2, 0.25) is 0 Å². The maximum Gasteiger partial charge on any atom is 0.387 e. The molecule has 5 nitrogen and oxygen atoms in total. The van der Waals surface area contributed by atoms with E-state index < -0.39 is 6.61 Å². The Balaban J connectivity index is 2.10. The Kier molecular flexibility index (Phi) is 8.19. The molecule has 0 fully saturated rings. The van der Waals surface area contributed by atoms with Crippen molar-refractivity contribution in [1.82, 2.24) is 10.2 Å². The minimum Gasteiger partial charge on any atom is -0.497 e. The highest BCUT2D eigenvalue weighted by Gasteiger charge is 2.20. The number of carbonyl (C=O) groups is 1. The van der Waals surface area contributed by atoms with Gasteiger partial charge in [0.1, 0.15) is 11.5 Å². The molecule has 1 amide bonds. The second-order valence-corrected chi connectivity index (χ2v) is 6.13. The normalized spacial score (nSPS) is 12.1. The summed E-state index contributed by atoms with van der Waals surface area (Å²) >= 11 is 0. The molecule has 0 aromatic heterocycles. The molecule has 1 unspecified atom stereocenters. The van der Waals surface area contributed by atoms with E-state index >= 15 is 0 Å². The maximum atomic E-state index is 12.5. The van der Waals surface area contributed by atoms with Crippen LogP contribution in [0.4, 0.5) is 8.78 Å². The van der Waals surface area contributed by atoms with E-state index in [4.69, 9.17) is 4.74 Å². The molecule has 1 atom stereocenters. The fraction of sp³-hybridized carbons (Fsp3) is 0.381. The number of methoxy groups -OCH3 is 1. The molecular weight excluding hydrogens is 366 g/mol. The molecule has 2 rings (SSSR count). The summed E-state index contributed by atoms with van der Waals surface area (Å²) in [5.41, 5.74) is 1.43. The van der Waals surface area contributed by atoms with Crippen LogP contribution in [0.1, 0.15) is 35.8 Å². The summed E-state index contributed by atoms with van der Waals surface area (Å²) in [5, 5.41) is 2.93. The number of hydrogen-bond acceptors (Lipinski definition) is 4. The first-order valence-corrected chi connectivity index (χ1v) is 9.19. The zero-order valence-corrected chi connectivity index (χ0v) is 16.3. The lowest BCUT2D eigenvalue weighted by Gasteiger charge is -2.30. The fourth-order valence-electron chi connectivity index (χ4n) is 3.05. The van der Waals surface area contributed by atoms with Gasteiger partial charge in [0, 0.05) is 12.1 Å². The molecule has 0 bridgehead atoms. The van der Waals surface area contributed by atoms with E-state index in [-0.39, 0.29) is 17.7 Å². The van der Waals surface area contributed by atoms with Crippen LogP contribution in [0, 0.1) is 0 Å². The summed E-state index contributed by atoms with van der Waals surface area (Å²) < 4.78 is 34.1. The summed E-state index contributed by atoms with van der Waals surface area (Å²) in [5.74, 6) is 0.503. The van der Waals surface area contributed by atoms with Crippen LogP contribution in [-0.2, 0) is 0 Å². The number of alkyl halides is 2. The smallest absolute Gasteiger partial charge is 0.387 e. The number of rotatable bonds is 10. The minimum atomic E-state index is -2.89. The lowest BCUT2D eigenvalue weighted by molar-refractivity contribution is -0.0498. The van der Waals surface area contributed by atoms with E-state index in [1.54, 1.807) is 7.11 Å². The van der Waals surface area contributed by atoms with Gasteiger partial charge in [0.25, 0.3) is 5.91 Å². The van der Waals surface area contributed by atoms with Gasteiger partial charge in [-0.3, -0.25) is 9.69 Å². The van der Waals surface area contributed by atoms with Crippen molar-refractivity contribution in [3.05, 3.63) is 59.7 Å². The highest BCUT2D eigenvalue weighted by Crippen LogP contribution is 2.24. The fourth-order valence-corrected chi connectivity index (χ4v) is 3.05. The van der Waals surface area contributed by atoms with E-state index in [1.165, 1.54) is 24.3 Å². The van der Waals surface area contributed by atoms with Crippen molar-refractivity contribution in [3.63, 3.8) is 0 Å². The number of nitrogens with one attached hydrogen (secondary N) is 1. The number of amides is 1. The zero-order valence-electron chi connectivity index (χ0n) is 16.3. The Labute approximate surface area is 164 Å². The average molecular weight is 392 g/mol. The summed E-state index contributed by atoms with van der Waals surface area (Å²) in [7, 11) is 1.62. The summed E-state index contributed by atoms with van der Waals surface area (Å²) in [4.78, 5) is 14.7. The Morgan fingerprint density at radius 3 is 2.32 bits per heavy atom. The van der Waals surface area contributed by atoms with Crippen molar-refractivity contribution >= 4 is 5.91 Å². The first kappa shape index (κ1) is 21.6. The van der Waals surface area contributed by atoms with Crippen LogP contribution in [0.3, 0.4) is 0 Å². The third-order valence-electron chi connectivity index (χ3n) is 4.53. The minimum absolute atomic E-state index is 0.0175. The molecule has 0 aliphatic heterocycles. The SMILES string of the molecule is CCN(CC)C(CNC(=O)c1ccc(OC(F)F)cc1)c1cccc(OC)c1. The lowest BCUT2D eigenvalue weighted by Crippen LogP contribution is -2.38. The van der Waals surface area contributed by atoms with Crippen LogP contribution in [0.5, 0.6) is 11.5 Å². The van der Waals surface area contributed by atoms with Crippen molar-refractivity contribution in [1.29, 1.82) is 0 Å². The molecule has 2 aromatic rings. The van der Waals surface area contributed by atoms with E-state index in [1.807, 2.05) is 24.3 Å². The summed E-state index contributed by atoms with van der Waals surface area (Å²) in [6.45, 7) is 3.31. The highest BCUT2D eigenvalue weighted by molar-refractivity contribution is 5.94. The van der Waals surface area contributed by atoms with Crippen molar-refractivity contribution in [2.45, 2.75) is 26.5 Å². The molecule has 7 heteroatoms. The molecule has 0 saturated heterocycles. The Morgan fingerprint density at radius 2 is 1.75 bits per heavy atom. The van der Waals surface area contributed by atoms with E-state index in [0.717, 1.165) is 24.4 Å². The molecule has 2 aromatic carbocycles. The average Bonchev–Trinajstić information content (AvgIpc) is 2.71. The van der Waals surface area contributed by atoms with Crippen molar-refractivity contribution in [2.75, 3.05) is 26.7 Å². The molecular formula is C21H26F2N2O3. The van der Waals surface area contributed by atoms with Crippen LogP contribution in [0.2, 0.25) is 0 Å². The molecule has 0 spiro atoms. The number of ether oxygens (including phenoxy) is 2. The number of nitrogens with zero attached hydrogens (tertiary/aromatic N) is 1. The van der Waals surface area contributed by atoms with Crippen molar-refractivity contribution in [3.8, 4) is 11.5 Å². The maximum absolute atomic E-state index is 12.5. The number of likely N-dealkylation sites (N-methyl/N-ethyl adjacent to an activating group) is 1. The third kappa shape index (κ3) is 5.92. The van der Waals surface area contributed by atoms with Gasteiger partial charge in [-0.05, 0) is 55.1 Å². The number of benzene rings is 2. The lowest BCUT2D eigenvalue weighted by atomic mass is 10.0. The molecule has 0 radical (unpaired) electrons. The summed E-state index contributed by atoms with van der Waals surface area (Å²) in [6, 6.07) is 13.4. The van der Waals surface area contributed by atoms with Gasteiger partial charge in [0.15, 0.2) is 0 Å². The van der Waals surface area contributed by atoms with Crippen molar-refractivity contribution in [2.24, 2.45) is 0 Å². The first-order chi connectivity index (χ1) is 13.5. The zero-order chi connectivity index (χ0) is 20.5. The number of carbonyl (C=O) groups excluding carboxylic acids is 1. The van der Waals surface area contributed by atoms with Gasteiger partial charge in [-0.25, -0.2) is 0 Å². The second kappa shape index (κ2) is 10.6. The Hall–Kier alpha value is -2.67. The van der Waals surface area contributed by atoms with Gasteiger partial charge in [0.05, 0.1) is 13.2 Å². The van der Waals surface area contributed by atoms with Crippen molar-refractivity contribution < 1.29 is 23.0 Å². The van der Waals surface area contributed by atoms with Gasteiger partial charge in [-0.2, -0.15) is 8.78 Å². The molecule has 28 heavy (non-hydrogen) atoms. The number of hydrogen-bond donors (Lipinski definition) is 1. The van der Waals surface area contributed by atoms with Gasteiger partial charge in [-0.15, -0.1) is 0 Å². The highest BCUT2D eigenvalue weighted by atomic mass is 19.3. The predicted octanol–water partition coefficient (Wildman–Crippen LogP) is 4.11. The third-order valence-corrected chi connectivity index (χ3v) is 4.53. The van der Waals surface area contributed by atoms with Gasteiger partial charge in [-0.1, -0.05) is 26.0 Å². The largest absolute Gasteiger partial charge is 0.497 e. The monoisotopic (exact) mass is 392 g/mol. The summed E-state index contributed by atoms with van der Waals surface area (Å²) in [6.07, 6.45) is 0. The predicted molar refractivity (Wildman–Crippen MR) is 104 cm³/mol. The Morgan fingerprint density at radius 1 is 1.07 bits per heavy atom. The van der Waals surface area contributed by atoms with Crippen LogP contribution in [0.15, 0.2) is 48.5 Å². The van der Waals surface area contributed by atoms with E-state index in [0.29, 0.717) is 12.1 Å². The van der Waals surface area contributed by atoms with Gasteiger partial charge < -0.3 is 14.8 Å². The topological polar surface area (TPSA) is 50.8 Å². The molecule has 0 heterocycles. The Bertz CT molecular complexity index is 750. The molecule has 0 aliphatic carbocycles. The van der Waals surface area contributed by atoms with E-state index in [9.17, 15) is 13.6 Å². The van der Waals surface area contributed by atoms with Crippen LogP contribution in [0.25, 0.3) is 0 Å². The van der Waals surface area contributed by atoms with Gasteiger partial charge >= 0.3 is 6.61 Å². The standard InChI is InChI=1S/C21H26F2N2O3/c1-4-25(5-2)19(16-7-6-8-18(13-16)27-3)14-24-20(26)15-9-11-17(12-10-15)28-21(22)23/h6-13,19,21H,4-5,14H2,1-3H3,(H,24,26).